The summed E-state index contributed by atoms with van der Waals surface area (Å²) >= 11 is 0. The second kappa shape index (κ2) is 10.9. The van der Waals surface area contributed by atoms with Crippen molar-refractivity contribution in [2.24, 2.45) is 0 Å². The van der Waals surface area contributed by atoms with E-state index in [1.807, 2.05) is 83.8 Å². The van der Waals surface area contributed by atoms with E-state index in [1.165, 1.54) is 0 Å². The summed E-state index contributed by atoms with van der Waals surface area (Å²) < 4.78 is 33.9. The molecular formula is C33H33N3O4S. The number of carbonyl (C=O) groups excluding carboxylic acids is 1. The van der Waals surface area contributed by atoms with Gasteiger partial charge in [-0.3, -0.25) is 9.52 Å². The molecule has 8 heteroatoms. The molecule has 4 aromatic carbocycles. The normalized spacial score (nSPS) is 16.2. The molecule has 0 spiro atoms. The van der Waals surface area contributed by atoms with E-state index in [1.54, 1.807) is 31.4 Å². The number of nitrogens with zero attached hydrogens (tertiary/aromatic N) is 2. The monoisotopic (exact) mass is 567 g/mol. The van der Waals surface area contributed by atoms with Crippen LogP contribution in [0, 0.1) is 0 Å². The van der Waals surface area contributed by atoms with Crippen molar-refractivity contribution in [2.45, 2.75) is 23.2 Å². The fraction of sp³-hybridized carbons (Fsp3) is 0.242. The van der Waals surface area contributed by atoms with Crippen LogP contribution in [0.15, 0.2) is 108 Å². The third-order valence-electron chi connectivity index (χ3n) is 8.13. The molecule has 0 radical (unpaired) electrons. The topological polar surface area (TPSA) is 79.0 Å². The van der Waals surface area contributed by atoms with E-state index < -0.39 is 15.4 Å². The number of sulfonamides is 1. The van der Waals surface area contributed by atoms with Crippen molar-refractivity contribution in [1.29, 1.82) is 0 Å². The number of ether oxygens (including phenoxy) is 1. The van der Waals surface area contributed by atoms with E-state index in [4.69, 9.17) is 4.74 Å². The van der Waals surface area contributed by atoms with Crippen molar-refractivity contribution in [2.75, 3.05) is 42.9 Å². The van der Waals surface area contributed by atoms with Crippen LogP contribution in [0.4, 0.5) is 11.4 Å². The molecule has 1 aliphatic heterocycles. The molecule has 0 atom stereocenters. The lowest BCUT2D eigenvalue weighted by molar-refractivity contribution is -0.134. The van der Waals surface area contributed by atoms with Gasteiger partial charge < -0.3 is 14.5 Å². The van der Waals surface area contributed by atoms with Gasteiger partial charge in [-0.05, 0) is 78.1 Å². The molecule has 1 saturated heterocycles. The van der Waals surface area contributed by atoms with E-state index in [0.29, 0.717) is 18.8 Å². The highest BCUT2D eigenvalue weighted by Crippen LogP contribution is 2.50. The minimum Gasteiger partial charge on any atom is -0.497 e. The number of hydrogen-bond acceptors (Lipinski definition) is 5. The summed E-state index contributed by atoms with van der Waals surface area (Å²) in [5, 5.41) is 0. The van der Waals surface area contributed by atoms with Crippen LogP contribution >= 0.6 is 0 Å². The first-order valence-electron chi connectivity index (χ1n) is 13.9. The molecule has 1 saturated carbocycles. The molecule has 1 aliphatic carbocycles. The molecule has 0 unspecified atom stereocenters. The molecule has 0 bridgehead atoms. The van der Waals surface area contributed by atoms with Gasteiger partial charge in [0.1, 0.15) is 5.75 Å². The molecule has 2 fully saturated rings. The maximum absolute atomic E-state index is 13.5. The van der Waals surface area contributed by atoms with Crippen molar-refractivity contribution >= 4 is 27.3 Å². The van der Waals surface area contributed by atoms with Gasteiger partial charge in [0.2, 0.25) is 5.91 Å². The molecule has 6 rings (SSSR count). The molecule has 4 aromatic rings. The average Bonchev–Trinajstić information content (AvgIpc) is 3.84. The molecular weight excluding hydrogens is 534 g/mol. The van der Waals surface area contributed by atoms with Gasteiger partial charge in [0.15, 0.2) is 0 Å². The summed E-state index contributed by atoms with van der Waals surface area (Å²) in [6.07, 6.45) is 1.76. The molecule has 7 nitrogen and oxygen atoms in total. The smallest absolute Gasteiger partial charge is 0.261 e. The Balaban J connectivity index is 1.05. The fourth-order valence-electron chi connectivity index (χ4n) is 5.54. The highest BCUT2D eigenvalue weighted by atomic mass is 32.2. The number of amides is 1. The fourth-order valence-corrected chi connectivity index (χ4v) is 6.60. The van der Waals surface area contributed by atoms with Crippen molar-refractivity contribution in [3.05, 3.63) is 109 Å². The minimum absolute atomic E-state index is 0.212. The van der Waals surface area contributed by atoms with Gasteiger partial charge in [0.05, 0.1) is 17.4 Å². The van der Waals surface area contributed by atoms with Gasteiger partial charge in [-0.15, -0.1) is 0 Å². The largest absolute Gasteiger partial charge is 0.497 e. The molecule has 210 valence electrons. The molecule has 2 aliphatic rings. The quantitative estimate of drug-likeness (QED) is 0.302. The van der Waals surface area contributed by atoms with Gasteiger partial charge in [-0.25, -0.2) is 8.42 Å². The number of methoxy groups -OCH3 is 1. The Hall–Kier alpha value is -4.30. The Morgan fingerprint density at radius 3 is 1.95 bits per heavy atom. The van der Waals surface area contributed by atoms with Crippen LogP contribution in [0.3, 0.4) is 0 Å². The first-order chi connectivity index (χ1) is 19.9. The van der Waals surface area contributed by atoms with Crippen molar-refractivity contribution in [3.8, 4) is 16.9 Å². The number of benzene rings is 4. The highest BCUT2D eigenvalue weighted by molar-refractivity contribution is 7.92. The van der Waals surface area contributed by atoms with Gasteiger partial charge in [0.25, 0.3) is 10.0 Å². The number of anilines is 2. The standard InChI is InChI=1S/C33H33N3O4S/c1-40-30-15-9-27(10-16-30)33(19-20-33)32(37)36-23-21-35(22-24-36)29-13-11-28(12-14-29)34-41(38,39)31-17-7-26(8-18-31)25-5-3-2-4-6-25/h2-18,34H,19-24H2,1H3. The minimum atomic E-state index is -3.72. The second-order valence-corrected chi connectivity index (χ2v) is 12.3. The van der Waals surface area contributed by atoms with Crippen molar-refractivity contribution in [3.63, 3.8) is 0 Å². The second-order valence-electron chi connectivity index (χ2n) is 10.6. The lowest BCUT2D eigenvalue weighted by atomic mass is 9.94. The lowest BCUT2D eigenvalue weighted by Gasteiger charge is -2.38. The molecule has 41 heavy (non-hydrogen) atoms. The summed E-state index contributed by atoms with van der Waals surface area (Å²) in [7, 11) is -2.07. The molecule has 1 amide bonds. The number of piperazine rings is 1. The van der Waals surface area contributed by atoms with E-state index in [0.717, 1.165) is 54.1 Å². The zero-order valence-corrected chi connectivity index (χ0v) is 23.8. The lowest BCUT2D eigenvalue weighted by Crippen LogP contribution is -2.51. The third kappa shape index (κ3) is 5.52. The zero-order chi connectivity index (χ0) is 28.5. The van der Waals surface area contributed by atoms with Crippen LogP contribution in [0.5, 0.6) is 5.75 Å². The van der Waals surface area contributed by atoms with Crippen molar-refractivity contribution < 1.29 is 17.9 Å². The molecule has 0 aromatic heterocycles. The van der Waals surface area contributed by atoms with Crippen LogP contribution in [0.25, 0.3) is 11.1 Å². The van der Waals surface area contributed by atoms with E-state index in [2.05, 4.69) is 9.62 Å². The summed E-state index contributed by atoms with van der Waals surface area (Å²) in [6.45, 7) is 2.76. The maximum atomic E-state index is 13.5. The molecule has 1 heterocycles. The number of hydrogen-bond donors (Lipinski definition) is 1. The van der Waals surface area contributed by atoms with Gasteiger partial charge in [0, 0.05) is 37.6 Å². The van der Waals surface area contributed by atoms with Gasteiger partial charge in [-0.2, -0.15) is 0 Å². The number of nitrogens with one attached hydrogen (secondary N) is 1. The number of rotatable bonds is 8. The number of carbonyl (C=O) groups is 1. The van der Waals surface area contributed by atoms with Crippen LogP contribution in [0.1, 0.15) is 18.4 Å². The third-order valence-corrected chi connectivity index (χ3v) is 9.52. The van der Waals surface area contributed by atoms with E-state index in [9.17, 15) is 13.2 Å². The Kier molecular flexibility index (Phi) is 7.17. The first-order valence-corrected chi connectivity index (χ1v) is 15.3. The van der Waals surface area contributed by atoms with Gasteiger partial charge >= 0.3 is 0 Å². The maximum Gasteiger partial charge on any atom is 0.261 e. The zero-order valence-electron chi connectivity index (χ0n) is 23.0. The summed E-state index contributed by atoms with van der Waals surface area (Å²) in [5.74, 6) is 1.01. The van der Waals surface area contributed by atoms with Crippen LogP contribution in [-0.4, -0.2) is 52.5 Å². The van der Waals surface area contributed by atoms with E-state index >= 15 is 0 Å². The SMILES string of the molecule is COc1ccc(C2(C(=O)N3CCN(c4ccc(NS(=O)(=O)c5ccc(-c6ccccc6)cc5)cc4)CC3)CC2)cc1. The van der Waals surface area contributed by atoms with Crippen molar-refractivity contribution in [1.82, 2.24) is 4.90 Å². The predicted octanol–water partition coefficient (Wildman–Crippen LogP) is 5.54. The van der Waals surface area contributed by atoms with Crippen LogP contribution in [0.2, 0.25) is 0 Å². The average molecular weight is 568 g/mol. The Labute approximate surface area is 241 Å². The summed E-state index contributed by atoms with van der Waals surface area (Å²) in [4.78, 5) is 17.9. The van der Waals surface area contributed by atoms with E-state index in [-0.39, 0.29) is 10.8 Å². The summed E-state index contributed by atoms with van der Waals surface area (Å²) in [5.41, 5.74) is 4.18. The Morgan fingerprint density at radius 2 is 1.37 bits per heavy atom. The van der Waals surface area contributed by atoms with Gasteiger partial charge in [-0.1, -0.05) is 54.6 Å². The van der Waals surface area contributed by atoms with Crippen LogP contribution in [-0.2, 0) is 20.2 Å². The Morgan fingerprint density at radius 1 is 0.756 bits per heavy atom. The first kappa shape index (κ1) is 26.9. The molecule has 1 N–H and O–H groups in total. The van der Waals surface area contributed by atoms with Crippen LogP contribution < -0.4 is 14.4 Å². The highest BCUT2D eigenvalue weighted by Gasteiger charge is 2.53. The predicted molar refractivity (Wildman–Crippen MR) is 162 cm³/mol. The Bertz CT molecular complexity index is 1610. The summed E-state index contributed by atoms with van der Waals surface area (Å²) in [6, 6.07) is 32.0.